The third-order valence-electron chi connectivity index (χ3n) is 6.49. The molecule has 0 aliphatic carbocycles. The molecule has 1 aromatic carbocycles. The lowest BCUT2D eigenvalue weighted by molar-refractivity contribution is -0.183. The number of hydrogen-bond donors (Lipinski definition) is 1. The zero-order valence-electron chi connectivity index (χ0n) is 16.9. The molecule has 1 amide bonds. The van der Waals surface area contributed by atoms with Crippen LogP contribution >= 0.6 is 0 Å². The number of aryl methyl sites for hydroxylation is 3. The van der Waals surface area contributed by atoms with E-state index in [1.807, 2.05) is 11.8 Å². The van der Waals surface area contributed by atoms with Gasteiger partial charge >= 0.3 is 0 Å². The Morgan fingerprint density at radius 2 is 2.00 bits per heavy atom. The molecule has 1 atom stereocenters. The largest absolute Gasteiger partial charge is 0.378 e. The summed E-state index contributed by atoms with van der Waals surface area (Å²) in [6, 6.07) is 4.32. The van der Waals surface area contributed by atoms with Crippen LogP contribution in [-0.4, -0.2) is 54.3 Å². The maximum Gasteiger partial charge on any atom is 0.270 e. The minimum absolute atomic E-state index is 0.0976. The van der Waals surface area contributed by atoms with Crippen molar-refractivity contribution in [3.8, 4) is 0 Å². The molecule has 27 heavy (non-hydrogen) atoms. The standard InChI is InChI=1S/C22H30N2O3/c1-14-12-15(2)19-17(13-14)16(3)20(23-19)21(25)24-9-7-22(8-10-24)18(26-4)6-5-11-27-22/h12-13,18,23H,5-11H2,1-4H3/t18-/m0/s1. The van der Waals surface area contributed by atoms with E-state index in [9.17, 15) is 4.79 Å². The molecule has 4 rings (SSSR count). The highest BCUT2D eigenvalue weighted by atomic mass is 16.5. The van der Waals surface area contributed by atoms with Gasteiger partial charge in [0.1, 0.15) is 5.69 Å². The van der Waals surface area contributed by atoms with Crippen molar-refractivity contribution >= 4 is 16.8 Å². The quantitative estimate of drug-likeness (QED) is 0.872. The Bertz CT molecular complexity index is 862. The number of hydrogen-bond acceptors (Lipinski definition) is 3. The first-order valence-corrected chi connectivity index (χ1v) is 10.0. The van der Waals surface area contributed by atoms with Crippen molar-refractivity contribution < 1.29 is 14.3 Å². The monoisotopic (exact) mass is 370 g/mol. The van der Waals surface area contributed by atoms with Crippen LogP contribution < -0.4 is 0 Å². The van der Waals surface area contributed by atoms with Crippen LogP contribution in [0.2, 0.25) is 0 Å². The number of carbonyl (C=O) groups is 1. The number of amides is 1. The number of aromatic amines is 1. The summed E-state index contributed by atoms with van der Waals surface area (Å²) in [5.41, 5.74) is 5.04. The number of methoxy groups -OCH3 is 1. The van der Waals surface area contributed by atoms with Gasteiger partial charge in [-0.1, -0.05) is 11.6 Å². The molecule has 0 bridgehead atoms. The van der Waals surface area contributed by atoms with Gasteiger partial charge in [0, 0.05) is 37.7 Å². The van der Waals surface area contributed by atoms with E-state index in [1.165, 1.54) is 11.1 Å². The summed E-state index contributed by atoms with van der Waals surface area (Å²) < 4.78 is 11.9. The Labute approximate surface area is 161 Å². The van der Waals surface area contributed by atoms with Gasteiger partial charge in [-0.3, -0.25) is 4.79 Å². The summed E-state index contributed by atoms with van der Waals surface area (Å²) in [5, 5.41) is 1.15. The molecule has 2 saturated heterocycles. The number of piperidine rings is 1. The van der Waals surface area contributed by atoms with Crippen molar-refractivity contribution in [2.45, 2.75) is 58.2 Å². The van der Waals surface area contributed by atoms with Gasteiger partial charge in [-0.15, -0.1) is 0 Å². The molecule has 2 aliphatic rings. The van der Waals surface area contributed by atoms with Crippen molar-refractivity contribution in [3.05, 3.63) is 34.5 Å². The number of carbonyl (C=O) groups excluding carboxylic acids is 1. The molecule has 0 radical (unpaired) electrons. The molecule has 1 spiro atoms. The second kappa shape index (κ2) is 6.95. The minimum Gasteiger partial charge on any atom is -0.378 e. The van der Waals surface area contributed by atoms with E-state index < -0.39 is 0 Å². The first kappa shape index (κ1) is 18.5. The first-order chi connectivity index (χ1) is 12.9. The molecule has 2 aromatic rings. The number of rotatable bonds is 2. The van der Waals surface area contributed by atoms with Crippen LogP contribution in [0.3, 0.4) is 0 Å². The van der Waals surface area contributed by atoms with Gasteiger partial charge in [-0.05, 0) is 63.6 Å². The first-order valence-electron chi connectivity index (χ1n) is 10.0. The van der Waals surface area contributed by atoms with Crippen LogP contribution in [0, 0.1) is 20.8 Å². The van der Waals surface area contributed by atoms with Gasteiger partial charge in [0.25, 0.3) is 5.91 Å². The number of aromatic nitrogens is 1. The average molecular weight is 370 g/mol. The number of fused-ring (bicyclic) bond motifs is 1. The van der Waals surface area contributed by atoms with Gasteiger partial charge in [0.2, 0.25) is 0 Å². The topological polar surface area (TPSA) is 54.6 Å². The number of likely N-dealkylation sites (tertiary alicyclic amines) is 1. The molecule has 0 unspecified atom stereocenters. The van der Waals surface area contributed by atoms with E-state index in [0.29, 0.717) is 13.1 Å². The molecule has 1 N–H and O–H groups in total. The highest BCUT2D eigenvalue weighted by Crippen LogP contribution is 2.37. The number of nitrogens with zero attached hydrogens (tertiary/aromatic N) is 1. The normalized spacial score (nSPS) is 22.5. The highest BCUT2D eigenvalue weighted by molar-refractivity contribution is 6.01. The van der Waals surface area contributed by atoms with Crippen LogP contribution in [0.15, 0.2) is 12.1 Å². The predicted octanol–water partition coefficient (Wildman–Crippen LogP) is 3.89. The fourth-order valence-electron chi connectivity index (χ4n) is 4.94. The van der Waals surface area contributed by atoms with Gasteiger partial charge in [0.15, 0.2) is 0 Å². The maximum absolute atomic E-state index is 13.2. The minimum atomic E-state index is -0.215. The SMILES string of the molecule is CO[C@H]1CCCOC12CCN(C(=O)c1[nH]c3c(C)cc(C)cc3c1C)CC2. The zero-order valence-corrected chi connectivity index (χ0v) is 16.9. The Morgan fingerprint density at radius 3 is 2.70 bits per heavy atom. The lowest BCUT2D eigenvalue weighted by Gasteiger charge is -2.47. The molecule has 146 valence electrons. The lowest BCUT2D eigenvalue weighted by Crippen LogP contribution is -2.56. The van der Waals surface area contributed by atoms with E-state index in [0.717, 1.165) is 54.5 Å². The summed E-state index contributed by atoms with van der Waals surface area (Å²) in [5.74, 6) is 0.0976. The van der Waals surface area contributed by atoms with Crippen LogP contribution in [0.5, 0.6) is 0 Å². The zero-order chi connectivity index (χ0) is 19.2. The second-order valence-electron chi connectivity index (χ2n) is 8.20. The van der Waals surface area contributed by atoms with Crippen molar-refractivity contribution in [2.75, 3.05) is 26.8 Å². The molecule has 5 heteroatoms. The molecule has 2 fully saturated rings. The van der Waals surface area contributed by atoms with Gasteiger partial charge in [-0.25, -0.2) is 0 Å². The third-order valence-corrected chi connectivity index (χ3v) is 6.49. The molecule has 2 aliphatic heterocycles. The van der Waals surface area contributed by atoms with Crippen LogP contribution in [-0.2, 0) is 9.47 Å². The van der Waals surface area contributed by atoms with Crippen LogP contribution in [0.4, 0.5) is 0 Å². The Kier molecular flexibility index (Phi) is 4.77. The summed E-state index contributed by atoms with van der Waals surface area (Å²) >= 11 is 0. The molecule has 1 aromatic heterocycles. The molecular weight excluding hydrogens is 340 g/mol. The van der Waals surface area contributed by atoms with Crippen molar-refractivity contribution in [1.82, 2.24) is 9.88 Å². The Hall–Kier alpha value is -1.85. The number of nitrogens with one attached hydrogen (secondary N) is 1. The van der Waals surface area contributed by atoms with Crippen molar-refractivity contribution in [3.63, 3.8) is 0 Å². The second-order valence-corrected chi connectivity index (χ2v) is 8.20. The number of H-pyrrole nitrogens is 1. The van der Waals surface area contributed by atoms with E-state index >= 15 is 0 Å². The summed E-state index contributed by atoms with van der Waals surface area (Å²) in [7, 11) is 1.77. The van der Waals surface area contributed by atoms with E-state index in [1.54, 1.807) is 7.11 Å². The Morgan fingerprint density at radius 1 is 1.26 bits per heavy atom. The third kappa shape index (κ3) is 3.07. The van der Waals surface area contributed by atoms with Crippen LogP contribution in [0.25, 0.3) is 10.9 Å². The van der Waals surface area contributed by atoms with Crippen molar-refractivity contribution in [1.29, 1.82) is 0 Å². The molecule has 3 heterocycles. The number of benzene rings is 1. The maximum atomic E-state index is 13.2. The fourth-order valence-corrected chi connectivity index (χ4v) is 4.94. The lowest BCUT2D eigenvalue weighted by atomic mass is 9.81. The molecular formula is C22H30N2O3. The smallest absolute Gasteiger partial charge is 0.270 e. The van der Waals surface area contributed by atoms with Gasteiger partial charge in [-0.2, -0.15) is 0 Å². The van der Waals surface area contributed by atoms with E-state index in [2.05, 4.69) is 31.0 Å². The summed E-state index contributed by atoms with van der Waals surface area (Å²) in [6.07, 6.45) is 3.92. The predicted molar refractivity (Wildman–Crippen MR) is 106 cm³/mol. The molecule has 5 nitrogen and oxygen atoms in total. The van der Waals surface area contributed by atoms with Gasteiger partial charge < -0.3 is 19.4 Å². The number of ether oxygens (including phenoxy) is 2. The van der Waals surface area contributed by atoms with E-state index in [-0.39, 0.29) is 17.6 Å². The summed E-state index contributed by atoms with van der Waals surface area (Å²) in [6.45, 7) is 8.46. The van der Waals surface area contributed by atoms with E-state index in [4.69, 9.17) is 9.47 Å². The summed E-state index contributed by atoms with van der Waals surface area (Å²) in [4.78, 5) is 18.6. The van der Waals surface area contributed by atoms with Crippen molar-refractivity contribution in [2.24, 2.45) is 0 Å². The van der Waals surface area contributed by atoms with Gasteiger partial charge in [0.05, 0.1) is 11.7 Å². The highest BCUT2D eigenvalue weighted by Gasteiger charge is 2.45. The Balaban J connectivity index is 1.56. The average Bonchev–Trinajstić information content (AvgIpc) is 2.99. The van der Waals surface area contributed by atoms with Crippen LogP contribution in [0.1, 0.15) is 52.9 Å². The molecule has 0 saturated carbocycles. The fraction of sp³-hybridized carbons (Fsp3) is 0.591.